The van der Waals surface area contributed by atoms with Crippen molar-refractivity contribution in [3.63, 3.8) is 0 Å². The highest BCUT2D eigenvalue weighted by Crippen LogP contribution is 2.35. The summed E-state index contributed by atoms with van der Waals surface area (Å²) < 4.78 is 6.00. The van der Waals surface area contributed by atoms with Crippen molar-refractivity contribution in [2.75, 3.05) is 26.3 Å². The number of piperidine rings is 1. The van der Waals surface area contributed by atoms with Gasteiger partial charge in [0.1, 0.15) is 6.10 Å². The highest BCUT2D eigenvalue weighted by Gasteiger charge is 2.38. The summed E-state index contributed by atoms with van der Waals surface area (Å²) in [6.07, 6.45) is 13.4. The number of aliphatic hydroxyl groups excluding tert-OH is 2. The van der Waals surface area contributed by atoms with E-state index in [1.54, 1.807) is 5.57 Å². The number of fused-ring (bicyclic) bond motifs is 1. The number of allylic oxidation sites excluding steroid dienone is 1. The monoisotopic (exact) mass is 378 g/mol. The standard InChI is InChI=1S/C22H38N2O3/c1-3-24(4-2)18-11-8-16(9-12-18)20-13-10-17-6-5-7-21(22(17)23-20)27-19(14-25)15-26/h5,7-8,17-23,25-26H,3-4,6,9-15H2,1-2H3/t17-,18-,20?,21-,22?/m0/s1. The van der Waals surface area contributed by atoms with Gasteiger partial charge in [0.15, 0.2) is 0 Å². The Morgan fingerprint density at radius 1 is 1.15 bits per heavy atom. The van der Waals surface area contributed by atoms with E-state index in [0.717, 1.165) is 19.5 Å². The van der Waals surface area contributed by atoms with Gasteiger partial charge in [-0.25, -0.2) is 0 Å². The van der Waals surface area contributed by atoms with Gasteiger partial charge in [-0.3, -0.25) is 0 Å². The Labute approximate surface area is 164 Å². The molecule has 0 spiro atoms. The second kappa shape index (κ2) is 10.2. The summed E-state index contributed by atoms with van der Waals surface area (Å²) in [6.45, 7) is 6.51. The second-order valence-electron chi connectivity index (χ2n) is 8.26. The maximum atomic E-state index is 9.38. The van der Waals surface area contributed by atoms with Crippen LogP contribution in [-0.2, 0) is 4.74 Å². The van der Waals surface area contributed by atoms with Gasteiger partial charge in [-0.1, -0.05) is 37.6 Å². The zero-order chi connectivity index (χ0) is 19.2. The molecule has 0 amide bonds. The van der Waals surface area contributed by atoms with Crippen molar-refractivity contribution >= 4 is 0 Å². The molecule has 0 aromatic carbocycles. The number of ether oxygens (including phenoxy) is 1. The van der Waals surface area contributed by atoms with Crippen LogP contribution in [0.4, 0.5) is 0 Å². The first-order chi connectivity index (χ1) is 13.2. The Morgan fingerprint density at radius 3 is 2.56 bits per heavy atom. The maximum absolute atomic E-state index is 9.38. The lowest BCUT2D eigenvalue weighted by atomic mass is 9.76. The second-order valence-corrected chi connectivity index (χ2v) is 8.26. The molecule has 3 N–H and O–H groups in total. The number of nitrogens with zero attached hydrogens (tertiary/aromatic N) is 1. The molecule has 1 aliphatic heterocycles. The first kappa shape index (κ1) is 21.0. The van der Waals surface area contributed by atoms with Crippen molar-refractivity contribution in [2.45, 2.75) is 82.7 Å². The summed E-state index contributed by atoms with van der Waals surface area (Å²) in [6, 6.07) is 1.42. The van der Waals surface area contributed by atoms with E-state index < -0.39 is 6.10 Å². The average molecular weight is 379 g/mol. The molecule has 3 rings (SSSR count). The molecule has 2 aliphatic carbocycles. The fourth-order valence-electron chi connectivity index (χ4n) is 5.16. The van der Waals surface area contributed by atoms with Gasteiger partial charge >= 0.3 is 0 Å². The van der Waals surface area contributed by atoms with Crippen molar-refractivity contribution in [3.05, 3.63) is 23.8 Å². The van der Waals surface area contributed by atoms with Gasteiger partial charge < -0.3 is 25.2 Å². The summed E-state index contributed by atoms with van der Waals surface area (Å²) >= 11 is 0. The minimum atomic E-state index is -0.496. The van der Waals surface area contributed by atoms with Crippen LogP contribution in [0.3, 0.4) is 0 Å². The number of hydrogen-bond acceptors (Lipinski definition) is 5. The molecular weight excluding hydrogens is 340 g/mol. The molecule has 5 nitrogen and oxygen atoms in total. The smallest absolute Gasteiger partial charge is 0.104 e. The molecule has 3 aliphatic rings. The van der Waals surface area contributed by atoms with Crippen molar-refractivity contribution < 1.29 is 14.9 Å². The van der Waals surface area contributed by atoms with E-state index in [4.69, 9.17) is 4.74 Å². The lowest BCUT2D eigenvalue weighted by Crippen LogP contribution is -2.56. The van der Waals surface area contributed by atoms with E-state index in [2.05, 4.69) is 42.3 Å². The lowest BCUT2D eigenvalue weighted by molar-refractivity contribution is -0.0709. The third-order valence-corrected chi connectivity index (χ3v) is 6.80. The Kier molecular flexibility index (Phi) is 7.91. The molecular formula is C22H38N2O3. The molecule has 1 fully saturated rings. The van der Waals surface area contributed by atoms with Crippen LogP contribution in [0.2, 0.25) is 0 Å². The van der Waals surface area contributed by atoms with Crippen molar-refractivity contribution in [1.82, 2.24) is 10.2 Å². The Bertz CT molecular complexity index is 514. The minimum absolute atomic E-state index is 0.0662. The van der Waals surface area contributed by atoms with Crippen LogP contribution in [0.1, 0.15) is 52.4 Å². The van der Waals surface area contributed by atoms with Crippen LogP contribution in [0, 0.1) is 5.92 Å². The molecule has 0 saturated carbocycles. The fraction of sp³-hybridized carbons (Fsp3) is 0.818. The molecule has 5 atom stereocenters. The summed E-state index contributed by atoms with van der Waals surface area (Å²) in [5.74, 6) is 0.585. The van der Waals surface area contributed by atoms with E-state index in [-0.39, 0.29) is 25.4 Å². The fourth-order valence-corrected chi connectivity index (χ4v) is 5.16. The minimum Gasteiger partial charge on any atom is -0.394 e. The van der Waals surface area contributed by atoms with Crippen LogP contribution in [0.25, 0.3) is 0 Å². The van der Waals surface area contributed by atoms with E-state index in [9.17, 15) is 10.2 Å². The van der Waals surface area contributed by atoms with Crippen LogP contribution in [-0.4, -0.2) is 71.7 Å². The summed E-state index contributed by atoms with van der Waals surface area (Å²) in [5, 5.41) is 22.6. The highest BCUT2D eigenvalue weighted by atomic mass is 16.5. The molecule has 1 saturated heterocycles. The third kappa shape index (κ3) is 5.01. The van der Waals surface area contributed by atoms with Gasteiger partial charge in [-0.15, -0.1) is 0 Å². The SMILES string of the molecule is CCN(CC)[C@H]1CC=C(C2CC[C@@H]3CC=C[C@H](OC(CO)CO)C3N2)CC1. The number of aliphatic hydroxyl groups is 2. The predicted octanol–water partition coefficient (Wildman–Crippen LogP) is 2.24. The first-order valence-electron chi connectivity index (χ1n) is 10.9. The van der Waals surface area contributed by atoms with Crippen molar-refractivity contribution in [3.8, 4) is 0 Å². The number of nitrogens with one attached hydrogen (secondary N) is 1. The summed E-state index contributed by atoms with van der Waals surface area (Å²) in [4.78, 5) is 2.58. The molecule has 0 aromatic heterocycles. The topological polar surface area (TPSA) is 65.0 Å². The van der Waals surface area contributed by atoms with E-state index >= 15 is 0 Å². The Hall–Kier alpha value is -0.720. The third-order valence-electron chi connectivity index (χ3n) is 6.80. The first-order valence-corrected chi connectivity index (χ1v) is 10.9. The van der Waals surface area contributed by atoms with Crippen LogP contribution in [0.5, 0.6) is 0 Å². The maximum Gasteiger partial charge on any atom is 0.104 e. The van der Waals surface area contributed by atoms with E-state index in [1.807, 2.05) is 0 Å². The normalized spacial score (nSPS) is 34.0. The number of hydrogen-bond donors (Lipinski definition) is 3. The quantitative estimate of drug-likeness (QED) is 0.566. The number of rotatable bonds is 8. The Morgan fingerprint density at radius 2 is 1.93 bits per heavy atom. The molecule has 0 radical (unpaired) electrons. The molecule has 1 heterocycles. The molecule has 0 aromatic rings. The van der Waals surface area contributed by atoms with Crippen LogP contribution >= 0.6 is 0 Å². The molecule has 27 heavy (non-hydrogen) atoms. The van der Waals surface area contributed by atoms with Gasteiger partial charge in [0.05, 0.1) is 19.3 Å². The van der Waals surface area contributed by atoms with Crippen LogP contribution in [0.15, 0.2) is 23.8 Å². The largest absolute Gasteiger partial charge is 0.394 e. The van der Waals surface area contributed by atoms with Gasteiger partial charge in [0.25, 0.3) is 0 Å². The Balaban J connectivity index is 1.62. The predicted molar refractivity (Wildman–Crippen MR) is 109 cm³/mol. The summed E-state index contributed by atoms with van der Waals surface area (Å²) in [5.41, 5.74) is 1.58. The molecule has 5 heteroatoms. The molecule has 0 bridgehead atoms. The zero-order valence-electron chi connectivity index (χ0n) is 17.0. The molecule has 154 valence electrons. The van der Waals surface area contributed by atoms with Crippen LogP contribution < -0.4 is 5.32 Å². The van der Waals surface area contributed by atoms with Gasteiger partial charge in [-0.05, 0) is 57.5 Å². The van der Waals surface area contributed by atoms with Gasteiger partial charge in [0, 0.05) is 18.1 Å². The summed E-state index contributed by atoms with van der Waals surface area (Å²) in [7, 11) is 0. The average Bonchev–Trinajstić information content (AvgIpc) is 2.73. The zero-order valence-corrected chi connectivity index (χ0v) is 17.0. The van der Waals surface area contributed by atoms with E-state index in [1.165, 1.54) is 32.1 Å². The molecule has 2 unspecified atom stereocenters. The van der Waals surface area contributed by atoms with Crippen molar-refractivity contribution in [1.29, 1.82) is 0 Å². The van der Waals surface area contributed by atoms with Gasteiger partial charge in [-0.2, -0.15) is 0 Å². The van der Waals surface area contributed by atoms with E-state index in [0.29, 0.717) is 18.0 Å². The lowest BCUT2D eigenvalue weighted by Gasteiger charge is -2.44. The van der Waals surface area contributed by atoms with Gasteiger partial charge in [0.2, 0.25) is 0 Å². The van der Waals surface area contributed by atoms with Crippen molar-refractivity contribution in [2.24, 2.45) is 5.92 Å². The highest BCUT2D eigenvalue weighted by molar-refractivity contribution is 5.19.